The van der Waals surface area contributed by atoms with E-state index < -0.39 is 5.54 Å². The summed E-state index contributed by atoms with van der Waals surface area (Å²) in [6, 6.07) is 9.94. The number of rotatable bonds is 8. The molecule has 0 amide bonds. The zero-order valence-electron chi connectivity index (χ0n) is 12.2. The van der Waals surface area contributed by atoms with Gasteiger partial charge >= 0.3 is 0 Å². The predicted molar refractivity (Wildman–Crippen MR) is 77.9 cm³/mol. The molecule has 1 unspecified atom stereocenters. The molecule has 0 aromatic heterocycles. The van der Waals surface area contributed by atoms with Gasteiger partial charge in [-0.25, -0.2) is 0 Å². The molecule has 4 nitrogen and oxygen atoms in total. The minimum Gasteiger partial charge on any atom is -0.494 e. The standard InChI is InChI=1S/C16H22N2O2/c1-3-10-19-14-6-8-15(9-7-14)20-12-16(11-17,18-2)13-4-5-13/h6-9,13,18H,3-5,10,12H2,1-2H3. The molecule has 1 saturated carbocycles. The van der Waals surface area contributed by atoms with Crippen molar-refractivity contribution >= 4 is 0 Å². The molecule has 1 aromatic carbocycles. The van der Waals surface area contributed by atoms with Gasteiger partial charge < -0.3 is 9.47 Å². The third-order valence-electron chi connectivity index (χ3n) is 3.68. The van der Waals surface area contributed by atoms with Crippen molar-refractivity contribution in [3.63, 3.8) is 0 Å². The van der Waals surface area contributed by atoms with Gasteiger partial charge in [0.05, 0.1) is 12.7 Å². The van der Waals surface area contributed by atoms with Crippen LogP contribution in [0.5, 0.6) is 11.5 Å². The summed E-state index contributed by atoms with van der Waals surface area (Å²) in [6.45, 7) is 3.17. The van der Waals surface area contributed by atoms with Gasteiger partial charge in [-0.15, -0.1) is 0 Å². The van der Waals surface area contributed by atoms with Crippen molar-refractivity contribution in [2.45, 2.75) is 31.7 Å². The number of nitrogens with one attached hydrogen (secondary N) is 1. The van der Waals surface area contributed by atoms with Crippen molar-refractivity contribution in [3.8, 4) is 17.6 Å². The Kier molecular flexibility index (Phi) is 4.86. The van der Waals surface area contributed by atoms with Crippen LogP contribution in [0.2, 0.25) is 0 Å². The van der Waals surface area contributed by atoms with E-state index >= 15 is 0 Å². The molecule has 0 spiro atoms. The maximum Gasteiger partial charge on any atom is 0.143 e. The smallest absolute Gasteiger partial charge is 0.143 e. The summed E-state index contributed by atoms with van der Waals surface area (Å²) in [5.41, 5.74) is -0.558. The quantitative estimate of drug-likeness (QED) is 0.792. The van der Waals surface area contributed by atoms with E-state index in [1.807, 2.05) is 31.3 Å². The van der Waals surface area contributed by atoms with Crippen LogP contribution in [0.4, 0.5) is 0 Å². The Bertz CT molecular complexity index is 462. The Morgan fingerprint density at radius 2 is 1.85 bits per heavy atom. The van der Waals surface area contributed by atoms with Crippen molar-refractivity contribution in [2.24, 2.45) is 5.92 Å². The maximum atomic E-state index is 9.39. The number of likely N-dealkylation sites (N-methyl/N-ethyl adjacent to an activating group) is 1. The molecular weight excluding hydrogens is 252 g/mol. The summed E-state index contributed by atoms with van der Waals surface area (Å²) in [5, 5.41) is 12.5. The summed E-state index contributed by atoms with van der Waals surface area (Å²) in [4.78, 5) is 0. The molecule has 0 radical (unpaired) electrons. The molecule has 1 aromatic rings. The molecule has 1 N–H and O–H groups in total. The molecule has 0 aliphatic heterocycles. The fourth-order valence-electron chi connectivity index (χ4n) is 2.20. The predicted octanol–water partition coefficient (Wildman–Crippen LogP) is 2.75. The average molecular weight is 274 g/mol. The van der Waals surface area contributed by atoms with Crippen LogP contribution >= 0.6 is 0 Å². The Hall–Kier alpha value is -1.73. The molecule has 20 heavy (non-hydrogen) atoms. The fraction of sp³-hybridized carbons (Fsp3) is 0.562. The molecular formula is C16H22N2O2. The largest absolute Gasteiger partial charge is 0.494 e. The fourth-order valence-corrected chi connectivity index (χ4v) is 2.20. The van der Waals surface area contributed by atoms with E-state index in [9.17, 15) is 5.26 Å². The first-order valence-corrected chi connectivity index (χ1v) is 7.20. The van der Waals surface area contributed by atoms with Crippen LogP contribution in [0.3, 0.4) is 0 Å². The second-order valence-electron chi connectivity index (χ2n) is 5.22. The molecule has 1 fully saturated rings. The molecule has 2 rings (SSSR count). The van der Waals surface area contributed by atoms with E-state index in [2.05, 4.69) is 18.3 Å². The Morgan fingerprint density at radius 1 is 1.25 bits per heavy atom. The van der Waals surface area contributed by atoms with E-state index in [0.717, 1.165) is 37.4 Å². The molecule has 0 bridgehead atoms. The highest BCUT2D eigenvalue weighted by Crippen LogP contribution is 2.39. The van der Waals surface area contributed by atoms with E-state index in [1.54, 1.807) is 0 Å². The number of hydrogen-bond donors (Lipinski definition) is 1. The average Bonchev–Trinajstić information content (AvgIpc) is 3.33. The van der Waals surface area contributed by atoms with E-state index in [0.29, 0.717) is 12.5 Å². The van der Waals surface area contributed by atoms with Crippen LogP contribution in [0.1, 0.15) is 26.2 Å². The highest BCUT2D eigenvalue weighted by atomic mass is 16.5. The summed E-state index contributed by atoms with van der Waals surface area (Å²) in [5.74, 6) is 2.02. The second-order valence-corrected chi connectivity index (χ2v) is 5.22. The summed E-state index contributed by atoms with van der Waals surface area (Å²) in [7, 11) is 1.83. The molecule has 108 valence electrons. The summed E-state index contributed by atoms with van der Waals surface area (Å²) >= 11 is 0. The van der Waals surface area contributed by atoms with E-state index in [1.165, 1.54) is 0 Å². The van der Waals surface area contributed by atoms with Crippen LogP contribution in [-0.4, -0.2) is 25.8 Å². The zero-order valence-corrected chi connectivity index (χ0v) is 12.2. The van der Waals surface area contributed by atoms with Gasteiger partial charge in [0.1, 0.15) is 23.6 Å². The van der Waals surface area contributed by atoms with Gasteiger partial charge in [-0.05, 0) is 56.5 Å². The van der Waals surface area contributed by atoms with Crippen molar-refractivity contribution < 1.29 is 9.47 Å². The first-order chi connectivity index (χ1) is 9.74. The number of nitrogens with zero attached hydrogens (tertiary/aromatic N) is 1. The Morgan fingerprint density at radius 3 is 2.30 bits per heavy atom. The number of nitriles is 1. The summed E-state index contributed by atoms with van der Waals surface area (Å²) in [6.07, 6.45) is 3.19. The topological polar surface area (TPSA) is 54.3 Å². The maximum absolute atomic E-state index is 9.39. The van der Waals surface area contributed by atoms with Gasteiger partial charge in [0.2, 0.25) is 0 Å². The Balaban J connectivity index is 1.91. The molecule has 4 heteroatoms. The minimum absolute atomic E-state index is 0.375. The van der Waals surface area contributed by atoms with Crippen molar-refractivity contribution in [1.29, 1.82) is 5.26 Å². The molecule has 0 heterocycles. The number of hydrogen-bond acceptors (Lipinski definition) is 4. The highest BCUT2D eigenvalue weighted by molar-refractivity contribution is 5.31. The zero-order chi connectivity index (χ0) is 14.4. The van der Waals surface area contributed by atoms with E-state index in [4.69, 9.17) is 9.47 Å². The van der Waals surface area contributed by atoms with Crippen molar-refractivity contribution in [2.75, 3.05) is 20.3 Å². The van der Waals surface area contributed by atoms with Gasteiger partial charge in [-0.1, -0.05) is 6.92 Å². The van der Waals surface area contributed by atoms with Gasteiger partial charge in [0, 0.05) is 0 Å². The first-order valence-electron chi connectivity index (χ1n) is 7.20. The molecule has 1 atom stereocenters. The van der Waals surface area contributed by atoms with E-state index in [-0.39, 0.29) is 0 Å². The molecule has 0 saturated heterocycles. The Labute approximate surface area is 120 Å². The normalized spacial score (nSPS) is 17.1. The number of ether oxygens (including phenoxy) is 2. The minimum atomic E-state index is -0.558. The third kappa shape index (κ3) is 3.43. The van der Waals surface area contributed by atoms with Crippen LogP contribution in [0, 0.1) is 17.2 Å². The third-order valence-corrected chi connectivity index (χ3v) is 3.68. The SMILES string of the molecule is CCCOc1ccc(OCC(C#N)(NC)C2CC2)cc1. The van der Waals surface area contributed by atoms with Crippen LogP contribution in [0.15, 0.2) is 24.3 Å². The van der Waals surface area contributed by atoms with Crippen LogP contribution in [0.25, 0.3) is 0 Å². The van der Waals surface area contributed by atoms with Gasteiger partial charge in [0.15, 0.2) is 0 Å². The highest BCUT2D eigenvalue weighted by Gasteiger charge is 2.45. The van der Waals surface area contributed by atoms with Gasteiger partial charge in [0.25, 0.3) is 0 Å². The summed E-state index contributed by atoms with van der Waals surface area (Å²) < 4.78 is 11.3. The molecule has 1 aliphatic rings. The lowest BCUT2D eigenvalue weighted by Crippen LogP contribution is -2.49. The number of benzene rings is 1. The van der Waals surface area contributed by atoms with Crippen LogP contribution < -0.4 is 14.8 Å². The monoisotopic (exact) mass is 274 g/mol. The van der Waals surface area contributed by atoms with Gasteiger partial charge in [-0.2, -0.15) is 5.26 Å². The molecule has 1 aliphatic carbocycles. The van der Waals surface area contributed by atoms with Crippen molar-refractivity contribution in [3.05, 3.63) is 24.3 Å². The lowest BCUT2D eigenvalue weighted by atomic mass is 9.96. The van der Waals surface area contributed by atoms with Crippen LogP contribution in [-0.2, 0) is 0 Å². The first kappa shape index (κ1) is 14.7. The second kappa shape index (κ2) is 6.62. The van der Waals surface area contributed by atoms with Crippen molar-refractivity contribution in [1.82, 2.24) is 5.32 Å². The van der Waals surface area contributed by atoms with Gasteiger partial charge in [-0.3, -0.25) is 5.32 Å². The lowest BCUT2D eigenvalue weighted by molar-refractivity contribution is 0.210. The lowest BCUT2D eigenvalue weighted by Gasteiger charge is -2.25.